The molecule has 0 saturated heterocycles. The van der Waals surface area contributed by atoms with Gasteiger partial charge in [0, 0.05) is 22.5 Å². The highest BCUT2D eigenvalue weighted by Crippen LogP contribution is 2.24. The molecule has 4 rings (SSSR count). The van der Waals surface area contributed by atoms with Gasteiger partial charge in [0.1, 0.15) is 23.1 Å². The molecule has 1 fully saturated rings. The zero-order valence-electron chi connectivity index (χ0n) is 20.2. The van der Waals surface area contributed by atoms with Crippen LogP contribution >= 0.6 is 34.5 Å². The van der Waals surface area contributed by atoms with E-state index in [0.29, 0.717) is 33.8 Å². The number of nitrogens with one attached hydrogen (secondary N) is 2. The maximum absolute atomic E-state index is 12.9. The van der Waals surface area contributed by atoms with Gasteiger partial charge in [-0.3, -0.25) is 9.59 Å². The van der Waals surface area contributed by atoms with Crippen molar-refractivity contribution >= 4 is 46.4 Å². The second kappa shape index (κ2) is 12.1. The number of halogens is 2. The maximum atomic E-state index is 12.9. The lowest BCUT2D eigenvalue weighted by molar-refractivity contribution is 0.0860. The van der Waals surface area contributed by atoms with Crippen LogP contribution in [0.2, 0.25) is 10.0 Å². The molecule has 1 aliphatic rings. The summed E-state index contributed by atoms with van der Waals surface area (Å²) in [6.45, 7) is 4.59. The number of hydrogen-bond donors (Lipinski definition) is 2. The summed E-state index contributed by atoms with van der Waals surface area (Å²) in [6, 6.07) is 12.4. The van der Waals surface area contributed by atoms with Crippen LogP contribution in [0.1, 0.15) is 76.9 Å². The van der Waals surface area contributed by atoms with Crippen LogP contribution in [0.15, 0.2) is 47.8 Å². The van der Waals surface area contributed by atoms with Crippen molar-refractivity contribution in [2.75, 3.05) is 0 Å². The van der Waals surface area contributed by atoms with E-state index in [4.69, 9.17) is 27.9 Å². The van der Waals surface area contributed by atoms with E-state index < -0.39 is 0 Å². The average Bonchev–Trinajstić information content (AvgIpc) is 3.33. The van der Waals surface area contributed by atoms with Gasteiger partial charge >= 0.3 is 0 Å². The number of hydrogen-bond acceptors (Lipinski definition) is 5. The number of nitrogens with zero attached hydrogens (tertiary/aromatic N) is 1. The Hall–Kier alpha value is -2.61. The molecule has 0 bridgehead atoms. The Kier molecular flexibility index (Phi) is 8.88. The van der Waals surface area contributed by atoms with Crippen molar-refractivity contribution in [2.24, 2.45) is 0 Å². The van der Waals surface area contributed by atoms with Gasteiger partial charge in [0.25, 0.3) is 11.8 Å². The van der Waals surface area contributed by atoms with Gasteiger partial charge in [0.15, 0.2) is 0 Å². The standard InChI is InChI=1S/C27H29Cl2N3O3S/c1-16(2)17-7-10-19(11-8-17)35-14-25-30-24(15-36-25)27(34)32-23-6-4-3-5-22(23)31-26(33)20-12-9-18(28)13-21(20)29/h7-13,15-16,22-23H,3-6,14H2,1-2H3,(H,31,33)(H,32,34)/t22-,23-/m0/s1. The van der Waals surface area contributed by atoms with Crippen molar-refractivity contribution in [2.45, 2.75) is 64.1 Å². The molecule has 3 aromatic rings. The molecule has 0 unspecified atom stereocenters. The fraction of sp³-hybridized carbons (Fsp3) is 0.370. The maximum Gasteiger partial charge on any atom is 0.271 e. The Balaban J connectivity index is 1.33. The van der Waals surface area contributed by atoms with E-state index in [1.807, 2.05) is 12.1 Å². The van der Waals surface area contributed by atoms with Crippen molar-refractivity contribution < 1.29 is 14.3 Å². The molecule has 0 radical (unpaired) electrons. The van der Waals surface area contributed by atoms with E-state index in [1.54, 1.807) is 23.6 Å². The van der Waals surface area contributed by atoms with Gasteiger partial charge in [-0.05, 0) is 54.7 Å². The Morgan fingerprint density at radius 1 is 1.03 bits per heavy atom. The van der Waals surface area contributed by atoms with Crippen LogP contribution in [0.4, 0.5) is 0 Å². The minimum Gasteiger partial charge on any atom is -0.486 e. The first-order valence-electron chi connectivity index (χ1n) is 12.0. The number of thiazole rings is 1. The van der Waals surface area contributed by atoms with Gasteiger partial charge in [-0.1, -0.05) is 62.0 Å². The summed E-state index contributed by atoms with van der Waals surface area (Å²) in [7, 11) is 0. The van der Waals surface area contributed by atoms with Gasteiger partial charge in [-0.15, -0.1) is 11.3 Å². The third kappa shape index (κ3) is 6.78. The fourth-order valence-corrected chi connectivity index (χ4v) is 5.39. The zero-order chi connectivity index (χ0) is 25.7. The molecule has 2 N–H and O–H groups in total. The summed E-state index contributed by atoms with van der Waals surface area (Å²) in [6.07, 6.45) is 3.50. The van der Waals surface area contributed by atoms with Crippen molar-refractivity contribution in [3.05, 3.63) is 79.7 Å². The van der Waals surface area contributed by atoms with Crippen molar-refractivity contribution in [1.82, 2.24) is 15.6 Å². The van der Waals surface area contributed by atoms with Gasteiger partial charge in [-0.2, -0.15) is 0 Å². The number of benzene rings is 2. The smallest absolute Gasteiger partial charge is 0.271 e. The Labute approximate surface area is 225 Å². The van der Waals surface area contributed by atoms with Gasteiger partial charge in [0.2, 0.25) is 0 Å². The first-order valence-corrected chi connectivity index (χ1v) is 13.7. The normalized spacial score (nSPS) is 17.6. The van der Waals surface area contributed by atoms with E-state index in [1.165, 1.54) is 16.9 Å². The molecular formula is C27H29Cl2N3O3S. The van der Waals surface area contributed by atoms with Crippen molar-refractivity contribution in [3.63, 3.8) is 0 Å². The number of carbonyl (C=O) groups is 2. The zero-order valence-corrected chi connectivity index (χ0v) is 22.6. The molecule has 9 heteroatoms. The molecule has 1 aromatic heterocycles. The predicted molar refractivity (Wildman–Crippen MR) is 144 cm³/mol. The molecule has 2 amide bonds. The van der Waals surface area contributed by atoms with Gasteiger partial charge in [0.05, 0.1) is 10.6 Å². The van der Waals surface area contributed by atoms with E-state index in [2.05, 4.69) is 41.6 Å². The minimum absolute atomic E-state index is 0.192. The first kappa shape index (κ1) is 26.5. The van der Waals surface area contributed by atoms with Crippen LogP contribution < -0.4 is 15.4 Å². The lowest BCUT2D eigenvalue weighted by Crippen LogP contribution is -2.53. The van der Waals surface area contributed by atoms with Crippen LogP contribution in [0.3, 0.4) is 0 Å². The van der Waals surface area contributed by atoms with Crippen LogP contribution in [-0.2, 0) is 6.61 Å². The van der Waals surface area contributed by atoms with Crippen molar-refractivity contribution in [3.8, 4) is 5.75 Å². The molecule has 0 spiro atoms. The second-order valence-corrected chi connectivity index (χ2v) is 11.0. The summed E-state index contributed by atoms with van der Waals surface area (Å²) in [5.74, 6) is 0.695. The molecule has 1 saturated carbocycles. The third-order valence-electron chi connectivity index (χ3n) is 6.27. The lowest BCUT2D eigenvalue weighted by atomic mass is 9.90. The number of carbonyl (C=O) groups excluding carboxylic acids is 2. The largest absolute Gasteiger partial charge is 0.486 e. The number of amides is 2. The summed E-state index contributed by atoms with van der Waals surface area (Å²) in [4.78, 5) is 30.2. The molecule has 1 heterocycles. The topological polar surface area (TPSA) is 80.3 Å². The van der Waals surface area contributed by atoms with Crippen LogP contribution in [-0.4, -0.2) is 28.9 Å². The average molecular weight is 547 g/mol. The third-order valence-corrected chi connectivity index (χ3v) is 7.64. The molecule has 1 aliphatic carbocycles. The van der Waals surface area contributed by atoms with Crippen LogP contribution in [0, 0.1) is 0 Å². The monoisotopic (exact) mass is 545 g/mol. The highest BCUT2D eigenvalue weighted by Gasteiger charge is 2.29. The molecule has 2 aromatic carbocycles. The predicted octanol–water partition coefficient (Wildman–Crippen LogP) is 6.62. The summed E-state index contributed by atoms with van der Waals surface area (Å²) in [5.41, 5.74) is 1.97. The molecule has 0 aliphatic heterocycles. The van der Waals surface area contributed by atoms with Gasteiger partial charge in [-0.25, -0.2) is 4.98 Å². The molecule has 36 heavy (non-hydrogen) atoms. The SMILES string of the molecule is CC(C)c1ccc(OCc2nc(C(=O)N[C@H]3CCCC[C@@H]3NC(=O)c3ccc(Cl)cc3Cl)cs2)cc1. The minimum atomic E-state index is -0.280. The quantitative estimate of drug-likeness (QED) is 0.333. The van der Waals surface area contributed by atoms with E-state index in [0.717, 1.165) is 36.4 Å². The van der Waals surface area contributed by atoms with E-state index in [9.17, 15) is 9.59 Å². The molecule has 190 valence electrons. The Morgan fingerprint density at radius 2 is 1.69 bits per heavy atom. The Morgan fingerprint density at radius 3 is 2.33 bits per heavy atom. The summed E-state index contributed by atoms with van der Waals surface area (Å²) >= 11 is 13.5. The Bertz CT molecular complexity index is 1210. The van der Waals surface area contributed by atoms with Crippen LogP contribution in [0.25, 0.3) is 0 Å². The highest BCUT2D eigenvalue weighted by molar-refractivity contribution is 7.09. The van der Waals surface area contributed by atoms with E-state index in [-0.39, 0.29) is 23.9 Å². The summed E-state index contributed by atoms with van der Waals surface area (Å²) < 4.78 is 5.84. The second-order valence-electron chi connectivity index (χ2n) is 9.21. The lowest BCUT2D eigenvalue weighted by Gasteiger charge is -2.32. The molecule has 6 nitrogen and oxygen atoms in total. The molecular weight excluding hydrogens is 517 g/mol. The van der Waals surface area contributed by atoms with Gasteiger partial charge < -0.3 is 15.4 Å². The number of aromatic nitrogens is 1. The fourth-order valence-electron chi connectivity index (χ4n) is 4.21. The molecule has 2 atom stereocenters. The number of ether oxygens (including phenoxy) is 1. The van der Waals surface area contributed by atoms with Crippen molar-refractivity contribution in [1.29, 1.82) is 0 Å². The summed E-state index contributed by atoms with van der Waals surface area (Å²) in [5, 5.41) is 9.33. The number of rotatable bonds is 8. The van der Waals surface area contributed by atoms with Crippen LogP contribution in [0.5, 0.6) is 5.75 Å². The first-order chi connectivity index (χ1) is 17.3. The highest BCUT2D eigenvalue weighted by atomic mass is 35.5. The van der Waals surface area contributed by atoms with E-state index >= 15 is 0 Å².